The molecule has 1 aliphatic rings. The zero-order valence-electron chi connectivity index (χ0n) is 10.7. The smallest absolute Gasteiger partial charge is 0.346 e. The molecule has 0 aliphatic carbocycles. The summed E-state index contributed by atoms with van der Waals surface area (Å²) in [7, 11) is 0. The molecule has 4 nitrogen and oxygen atoms in total. The van der Waals surface area contributed by atoms with Crippen LogP contribution in [0.15, 0.2) is 0 Å². The normalized spacial score (nSPS) is 22.2. The first-order valence-electron chi connectivity index (χ1n) is 6.16. The van der Waals surface area contributed by atoms with Gasteiger partial charge in [-0.3, -0.25) is 9.69 Å². The van der Waals surface area contributed by atoms with Gasteiger partial charge in [-0.15, -0.1) is 0 Å². The number of alkyl halides is 3. The molecule has 18 heavy (non-hydrogen) atoms. The molecule has 106 valence electrons. The van der Waals surface area contributed by atoms with Crippen molar-refractivity contribution >= 4 is 5.91 Å². The Hall–Kier alpha value is -0.820. The van der Waals surface area contributed by atoms with Gasteiger partial charge in [0.15, 0.2) is 0 Å². The molecule has 7 heteroatoms. The van der Waals surface area contributed by atoms with Gasteiger partial charge in [0.2, 0.25) is 5.91 Å². The van der Waals surface area contributed by atoms with E-state index in [-0.39, 0.29) is 6.04 Å². The first-order chi connectivity index (χ1) is 8.35. The van der Waals surface area contributed by atoms with Crippen LogP contribution in [0.2, 0.25) is 0 Å². The van der Waals surface area contributed by atoms with Crippen LogP contribution in [0, 0.1) is 0 Å². The maximum Gasteiger partial charge on any atom is 0.405 e. The molecule has 1 amide bonds. The van der Waals surface area contributed by atoms with Crippen LogP contribution >= 0.6 is 0 Å². The highest BCUT2D eigenvalue weighted by molar-refractivity contribution is 5.81. The van der Waals surface area contributed by atoms with Crippen LogP contribution in [0.25, 0.3) is 0 Å². The Balaban J connectivity index is 2.49. The van der Waals surface area contributed by atoms with E-state index in [1.807, 2.05) is 17.1 Å². The second-order valence-corrected chi connectivity index (χ2v) is 4.49. The molecule has 0 aromatic heterocycles. The van der Waals surface area contributed by atoms with Crippen LogP contribution < -0.4 is 10.6 Å². The van der Waals surface area contributed by atoms with Crippen molar-refractivity contribution in [1.29, 1.82) is 0 Å². The highest BCUT2D eigenvalue weighted by Crippen LogP contribution is 2.14. The van der Waals surface area contributed by atoms with Crippen LogP contribution in [0.4, 0.5) is 13.2 Å². The van der Waals surface area contributed by atoms with Gasteiger partial charge in [0.25, 0.3) is 0 Å². The quantitative estimate of drug-likeness (QED) is 0.772. The molecule has 1 heterocycles. The lowest BCUT2D eigenvalue weighted by Crippen LogP contribution is -2.51. The number of nitrogens with zero attached hydrogens (tertiary/aromatic N) is 1. The Kier molecular flexibility index (Phi) is 5.40. The predicted molar refractivity (Wildman–Crippen MR) is 62.2 cm³/mol. The minimum absolute atomic E-state index is 0.224. The maximum atomic E-state index is 12.0. The fourth-order valence-corrected chi connectivity index (χ4v) is 2.26. The summed E-state index contributed by atoms with van der Waals surface area (Å²) in [6.07, 6.45) is -3.44. The Labute approximate surface area is 105 Å². The molecule has 1 saturated heterocycles. The molecule has 0 aromatic rings. The molecule has 1 rings (SSSR count). The van der Waals surface area contributed by atoms with E-state index in [1.54, 1.807) is 6.92 Å². The fraction of sp³-hybridized carbons (Fsp3) is 0.909. The maximum absolute atomic E-state index is 12.0. The van der Waals surface area contributed by atoms with Crippen LogP contribution in [0.5, 0.6) is 0 Å². The number of likely N-dealkylation sites (N-methyl/N-ethyl adjacent to an activating group) is 1. The SMILES string of the molecule is CCN(C1CCNC1)C(C)C(=O)NCC(F)(F)F. The van der Waals surface area contributed by atoms with Gasteiger partial charge < -0.3 is 10.6 Å². The minimum atomic E-state index is -4.36. The van der Waals surface area contributed by atoms with Gasteiger partial charge in [0, 0.05) is 12.6 Å². The Morgan fingerprint density at radius 2 is 2.22 bits per heavy atom. The average molecular weight is 267 g/mol. The van der Waals surface area contributed by atoms with E-state index in [0.717, 1.165) is 19.5 Å². The van der Waals surface area contributed by atoms with Gasteiger partial charge in [-0.2, -0.15) is 13.2 Å². The number of rotatable bonds is 5. The second-order valence-electron chi connectivity index (χ2n) is 4.49. The highest BCUT2D eigenvalue weighted by atomic mass is 19.4. The first kappa shape index (κ1) is 15.2. The fourth-order valence-electron chi connectivity index (χ4n) is 2.26. The summed E-state index contributed by atoms with van der Waals surface area (Å²) in [6, 6.07) is -0.316. The van der Waals surface area contributed by atoms with Crippen LogP contribution in [-0.2, 0) is 4.79 Å². The summed E-state index contributed by atoms with van der Waals surface area (Å²) >= 11 is 0. The van der Waals surface area contributed by atoms with Crippen molar-refractivity contribution in [3.63, 3.8) is 0 Å². The zero-order valence-corrected chi connectivity index (χ0v) is 10.7. The van der Waals surface area contributed by atoms with E-state index >= 15 is 0 Å². The topological polar surface area (TPSA) is 44.4 Å². The molecular weight excluding hydrogens is 247 g/mol. The van der Waals surface area contributed by atoms with Crippen molar-refractivity contribution in [2.24, 2.45) is 0 Å². The largest absolute Gasteiger partial charge is 0.405 e. The molecule has 2 unspecified atom stereocenters. The van der Waals surface area contributed by atoms with E-state index < -0.39 is 24.7 Å². The van der Waals surface area contributed by atoms with Crippen molar-refractivity contribution in [3.05, 3.63) is 0 Å². The highest BCUT2D eigenvalue weighted by Gasteiger charge is 2.32. The van der Waals surface area contributed by atoms with E-state index in [4.69, 9.17) is 0 Å². The zero-order chi connectivity index (χ0) is 13.8. The van der Waals surface area contributed by atoms with Crippen molar-refractivity contribution in [2.75, 3.05) is 26.2 Å². The van der Waals surface area contributed by atoms with Gasteiger partial charge in [-0.1, -0.05) is 6.92 Å². The summed E-state index contributed by atoms with van der Waals surface area (Å²) in [4.78, 5) is 13.6. The lowest BCUT2D eigenvalue weighted by atomic mass is 10.1. The van der Waals surface area contributed by atoms with Crippen molar-refractivity contribution in [1.82, 2.24) is 15.5 Å². The van der Waals surface area contributed by atoms with E-state index in [2.05, 4.69) is 5.32 Å². The molecule has 0 aromatic carbocycles. The van der Waals surface area contributed by atoms with Crippen molar-refractivity contribution in [3.8, 4) is 0 Å². The van der Waals surface area contributed by atoms with E-state index in [1.165, 1.54) is 0 Å². The van der Waals surface area contributed by atoms with Crippen molar-refractivity contribution < 1.29 is 18.0 Å². The monoisotopic (exact) mass is 267 g/mol. The standard InChI is InChI=1S/C11H20F3N3O/c1-3-17(9-4-5-15-6-9)8(2)10(18)16-7-11(12,13)14/h8-9,15H,3-7H2,1-2H3,(H,16,18). The first-order valence-corrected chi connectivity index (χ1v) is 6.16. The Bertz CT molecular complexity index is 277. The minimum Gasteiger partial charge on any atom is -0.346 e. The number of amides is 1. The second kappa shape index (κ2) is 6.38. The number of halogens is 3. The molecular formula is C11H20F3N3O. The Morgan fingerprint density at radius 1 is 1.56 bits per heavy atom. The van der Waals surface area contributed by atoms with Gasteiger partial charge in [0.05, 0.1) is 6.04 Å². The van der Waals surface area contributed by atoms with Gasteiger partial charge >= 0.3 is 6.18 Å². The molecule has 2 atom stereocenters. The summed E-state index contributed by atoms with van der Waals surface area (Å²) in [5.74, 6) is -0.568. The summed E-state index contributed by atoms with van der Waals surface area (Å²) in [5.41, 5.74) is 0. The molecule has 1 aliphatic heterocycles. The molecule has 0 bridgehead atoms. The molecule has 1 fully saturated rings. The number of hydrogen-bond acceptors (Lipinski definition) is 3. The summed E-state index contributed by atoms with van der Waals surface area (Å²) < 4.78 is 36.1. The molecule has 0 saturated carbocycles. The van der Waals surface area contributed by atoms with E-state index in [0.29, 0.717) is 6.54 Å². The summed E-state index contributed by atoms with van der Waals surface area (Å²) in [6.45, 7) is 4.60. The van der Waals surface area contributed by atoms with Crippen molar-refractivity contribution in [2.45, 2.75) is 38.5 Å². The third-order valence-electron chi connectivity index (χ3n) is 3.21. The third kappa shape index (κ3) is 4.45. The average Bonchev–Trinajstić information content (AvgIpc) is 2.79. The molecule has 0 spiro atoms. The molecule has 2 N–H and O–H groups in total. The Morgan fingerprint density at radius 3 is 2.67 bits per heavy atom. The number of carbonyl (C=O) groups is 1. The van der Waals surface area contributed by atoms with E-state index in [9.17, 15) is 18.0 Å². The molecule has 0 radical (unpaired) electrons. The van der Waals surface area contributed by atoms with Crippen LogP contribution in [-0.4, -0.2) is 55.2 Å². The van der Waals surface area contributed by atoms with Gasteiger partial charge in [0.1, 0.15) is 6.54 Å². The van der Waals surface area contributed by atoms with Gasteiger partial charge in [-0.25, -0.2) is 0 Å². The lowest BCUT2D eigenvalue weighted by molar-refractivity contribution is -0.141. The lowest BCUT2D eigenvalue weighted by Gasteiger charge is -2.32. The number of hydrogen-bond donors (Lipinski definition) is 2. The van der Waals surface area contributed by atoms with Crippen LogP contribution in [0.3, 0.4) is 0 Å². The third-order valence-corrected chi connectivity index (χ3v) is 3.21. The number of carbonyl (C=O) groups excluding carboxylic acids is 1. The predicted octanol–water partition coefficient (Wildman–Crippen LogP) is 0.737. The number of nitrogens with one attached hydrogen (secondary N) is 2. The summed E-state index contributed by atoms with van der Waals surface area (Å²) in [5, 5.41) is 5.12. The van der Waals surface area contributed by atoms with Crippen LogP contribution in [0.1, 0.15) is 20.3 Å². The van der Waals surface area contributed by atoms with Gasteiger partial charge in [-0.05, 0) is 26.4 Å².